The minimum atomic E-state index is -0.801. The molecule has 3 aromatic rings. The lowest BCUT2D eigenvalue weighted by molar-refractivity contribution is -0.126. The minimum Gasteiger partial charge on any atom is -0.342 e. The third-order valence-corrected chi connectivity index (χ3v) is 6.80. The van der Waals surface area contributed by atoms with Crippen molar-refractivity contribution in [3.8, 4) is 6.07 Å². The van der Waals surface area contributed by atoms with Gasteiger partial charge in [-0.25, -0.2) is 0 Å². The van der Waals surface area contributed by atoms with Gasteiger partial charge in [-0.1, -0.05) is 41.9 Å². The van der Waals surface area contributed by atoms with Gasteiger partial charge < -0.3 is 10.2 Å². The fourth-order valence-electron chi connectivity index (χ4n) is 5.12. The second-order valence-corrected chi connectivity index (χ2v) is 8.99. The van der Waals surface area contributed by atoms with Crippen LogP contribution < -0.4 is 10.2 Å². The van der Waals surface area contributed by atoms with Crippen molar-refractivity contribution in [3.63, 3.8) is 0 Å². The van der Waals surface area contributed by atoms with Gasteiger partial charge in [0.05, 0.1) is 29.9 Å². The first-order valence-corrected chi connectivity index (χ1v) is 11.2. The highest BCUT2D eigenvalue weighted by Crippen LogP contribution is 2.45. The summed E-state index contributed by atoms with van der Waals surface area (Å²) in [7, 11) is 0. The summed E-state index contributed by atoms with van der Waals surface area (Å²) in [4.78, 5) is 34.6. The SMILES string of the molecule is N#CCNC(=O)CN1Cc2ccc(Cl)cc2C2(CCN(c3cncc4ccccc34)C2=O)C1. The smallest absolute Gasteiger partial charge is 0.239 e. The van der Waals surface area contributed by atoms with Crippen molar-refractivity contribution in [2.45, 2.75) is 18.4 Å². The number of amides is 2. The normalized spacial score (nSPS) is 20.1. The summed E-state index contributed by atoms with van der Waals surface area (Å²) in [5, 5.41) is 13.9. The van der Waals surface area contributed by atoms with E-state index >= 15 is 0 Å². The van der Waals surface area contributed by atoms with Gasteiger partial charge >= 0.3 is 0 Å². The Hall–Kier alpha value is -3.47. The third kappa shape index (κ3) is 3.71. The Labute approximate surface area is 196 Å². The van der Waals surface area contributed by atoms with Gasteiger partial charge in [0.25, 0.3) is 0 Å². The summed E-state index contributed by atoms with van der Waals surface area (Å²) >= 11 is 6.35. The predicted octanol–water partition coefficient (Wildman–Crippen LogP) is 3.02. The van der Waals surface area contributed by atoms with E-state index in [4.69, 9.17) is 16.9 Å². The number of nitriles is 1. The van der Waals surface area contributed by atoms with E-state index in [-0.39, 0.29) is 24.9 Å². The maximum atomic E-state index is 14.1. The van der Waals surface area contributed by atoms with Crippen molar-refractivity contribution in [3.05, 3.63) is 71.0 Å². The van der Waals surface area contributed by atoms with Gasteiger partial charge in [0, 0.05) is 41.6 Å². The number of nitrogens with zero attached hydrogens (tertiary/aromatic N) is 4. The Morgan fingerprint density at radius 2 is 2.09 bits per heavy atom. The van der Waals surface area contributed by atoms with Crippen LogP contribution in [0.2, 0.25) is 5.02 Å². The van der Waals surface area contributed by atoms with E-state index in [1.54, 1.807) is 12.4 Å². The topological polar surface area (TPSA) is 89.3 Å². The molecular formula is C25H22ClN5O2. The number of anilines is 1. The van der Waals surface area contributed by atoms with Crippen molar-refractivity contribution in [1.29, 1.82) is 5.26 Å². The van der Waals surface area contributed by atoms with Gasteiger partial charge in [0.1, 0.15) is 6.54 Å². The summed E-state index contributed by atoms with van der Waals surface area (Å²) in [6, 6.07) is 15.5. The molecule has 33 heavy (non-hydrogen) atoms. The fourth-order valence-corrected chi connectivity index (χ4v) is 5.29. The summed E-state index contributed by atoms with van der Waals surface area (Å²) in [6.45, 7) is 1.58. The molecule has 166 valence electrons. The number of carbonyl (C=O) groups is 2. The largest absolute Gasteiger partial charge is 0.342 e. The number of fused-ring (bicyclic) bond motifs is 3. The van der Waals surface area contributed by atoms with Crippen LogP contribution in [0.5, 0.6) is 0 Å². The number of benzene rings is 2. The van der Waals surface area contributed by atoms with Crippen molar-refractivity contribution >= 4 is 39.9 Å². The molecule has 2 aliphatic rings. The number of halogens is 1. The maximum Gasteiger partial charge on any atom is 0.239 e. The molecule has 2 amide bonds. The highest BCUT2D eigenvalue weighted by molar-refractivity contribution is 6.30. The zero-order valence-corrected chi connectivity index (χ0v) is 18.7. The molecule has 1 N–H and O–H groups in total. The molecule has 7 nitrogen and oxygen atoms in total. The molecule has 1 spiro atoms. The number of rotatable bonds is 4. The molecule has 0 bridgehead atoms. The molecule has 1 atom stereocenters. The van der Waals surface area contributed by atoms with Crippen LogP contribution in [0, 0.1) is 11.3 Å². The Balaban J connectivity index is 1.53. The van der Waals surface area contributed by atoms with Gasteiger partial charge in [-0.3, -0.25) is 19.5 Å². The predicted molar refractivity (Wildman–Crippen MR) is 126 cm³/mol. The lowest BCUT2D eigenvalue weighted by Crippen LogP contribution is -2.52. The molecule has 8 heteroatoms. The molecule has 1 unspecified atom stereocenters. The van der Waals surface area contributed by atoms with Crippen molar-refractivity contribution in [2.24, 2.45) is 0 Å². The van der Waals surface area contributed by atoms with E-state index in [0.29, 0.717) is 31.1 Å². The van der Waals surface area contributed by atoms with E-state index < -0.39 is 5.41 Å². The van der Waals surface area contributed by atoms with E-state index in [1.165, 1.54) is 0 Å². The van der Waals surface area contributed by atoms with Crippen LogP contribution in [-0.4, -0.2) is 47.9 Å². The zero-order valence-electron chi connectivity index (χ0n) is 17.9. The van der Waals surface area contributed by atoms with Crippen LogP contribution >= 0.6 is 11.6 Å². The van der Waals surface area contributed by atoms with Gasteiger partial charge in [-0.05, 0) is 29.7 Å². The fraction of sp³-hybridized carbons (Fsp3) is 0.280. The highest BCUT2D eigenvalue weighted by Gasteiger charge is 2.52. The molecule has 0 radical (unpaired) electrons. The molecule has 0 saturated carbocycles. The maximum absolute atomic E-state index is 14.1. The van der Waals surface area contributed by atoms with E-state index in [0.717, 1.165) is 27.6 Å². The van der Waals surface area contributed by atoms with Crippen LogP contribution in [-0.2, 0) is 21.5 Å². The summed E-state index contributed by atoms with van der Waals surface area (Å²) < 4.78 is 0. The first-order chi connectivity index (χ1) is 16.0. The lowest BCUT2D eigenvalue weighted by atomic mass is 9.73. The molecule has 5 rings (SSSR count). The van der Waals surface area contributed by atoms with Gasteiger partial charge in [-0.2, -0.15) is 5.26 Å². The molecule has 2 aliphatic heterocycles. The standard InChI is InChI=1S/C25H22ClN5O2/c26-19-6-5-18-14-30(15-23(32)29-9-8-27)16-25(21(18)11-19)7-10-31(24(25)33)22-13-28-12-17-3-1-2-4-20(17)22/h1-6,11-13H,7,9-10,14-16H2,(H,29,32). The number of hydrogen-bond acceptors (Lipinski definition) is 5. The number of carbonyl (C=O) groups excluding carboxylic acids is 2. The van der Waals surface area contributed by atoms with Crippen LogP contribution in [0.4, 0.5) is 5.69 Å². The van der Waals surface area contributed by atoms with Crippen molar-refractivity contribution in [2.75, 3.05) is 31.1 Å². The van der Waals surface area contributed by atoms with Crippen molar-refractivity contribution < 1.29 is 9.59 Å². The van der Waals surface area contributed by atoms with E-state index in [9.17, 15) is 9.59 Å². The molecule has 1 saturated heterocycles. The number of aromatic nitrogens is 1. The number of pyridine rings is 1. The average molecular weight is 460 g/mol. The minimum absolute atomic E-state index is 0.00805. The van der Waals surface area contributed by atoms with Crippen LogP contribution in [0.1, 0.15) is 17.5 Å². The van der Waals surface area contributed by atoms with Crippen LogP contribution in [0.15, 0.2) is 54.9 Å². The average Bonchev–Trinajstić information content (AvgIpc) is 3.14. The monoisotopic (exact) mass is 459 g/mol. The Bertz CT molecular complexity index is 1300. The van der Waals surface area contributed by atoms with Crippen LogP contribution in [0.3, 0.4) is 0 Å². The molecule has 0 aliphatic carbocycles. The number of nitrogens with one attached hydrogen (secondary N) is 1. The number of hydrogen-bond donors (Lipinski definition) is 1. The summed E-state index contributed by atoms with van der Waals surface area (Å²) in [6.07, 6.45) is 4.15. The van der Waals surface area contributed by atoms with Gasteiger partial charge in [0.2, 0.25) is 11.8 Å². The Kier molecular flexibility index (Phi) is 5.49. The first kappa shape index (κ1) is 21.4. The van der Waals surface area contributed by atoms with Crippen LogP contribution in [0.25, 0.3) is 10.8 Å². The molecular weight excluding hydrogens is 438 g/mol. The molecule has 3 heterocycles. The molecule has 2 aromatic carbocycles. The third-order valence-electron chi connectivity index (χ3n) is 6.56. The van der Waals surface area contributed by atoms with E-state index in [1.807, 2.05) is 58.3 Å². The van der Waals surface area contributed by atoms with Gasteiger partial charge in [-0.15, -0.1) is 0 Å². The second kappa shape index (κ2) is 8.47. The second-order valence-electron chi connectivity index (χ2n) is 8.55. The zero-order chi connectivity index (χ0) is 23.0. The van der Waals surface area contributed by atoms with Gasteiger partial charge in [0.15, 0.2) is 0 Å². The molecule has 1 fully saturated rings. The first-order valence-electron chi connectivity index (χ1n) is 10.8. The van der Waals surface area contributed by atoms with Crippen molar-refractivity contribution in [1.82, 2.24) is 15.2 Å². The Morgan fingerprint density at radius 1 is 1.24 bits per heavy atom. The quantitative estimate of drug-likeness (QED) is 0.606. The summed E-state index contributed by atoms with van der Waals surface area (Å²) in [5.74, 6) is -0.240. The Morgan fingerprint density at radius 3 is 2.94 bits per heavy atom. The molecule has 1 aromatic heterocycles. The summed E-state index contributed by atoms with van der Waals surface area (Å²) in [5.41, 5.74) is 1.92. The lowest BCUT2D eigenvalue weighted by Gasteiger charge is -2.40. The van der Waals surface area contributed by atoms with E-state index in [2.05, 4.69) is 10.3 Å². The highest BCUT2D eigenvalue weighted by atomic mass is 35.5.